The molecular formula is C13H23N3O3Si. The molecule has 0 unspecified atom stereocenters. The highest BCUT2D eigenvalue weighted by Crippen LogP contribution is 2.36. The summed E-state index contributed by atoms with van der Waals surface area (Å²) in [5.74, 6) is 0. The summed E-state index contributed by atoms with van der Waals surface area (Å²) in [6, 6.07) is 1.60. The van der Waals surface area contributed by atoms with Crippen LogP contribution in [0.2, 0.25) is 18.1 Å². The van der Waals surface area contributed by atoms with Crippen molar-refractivity contribution in [1.29, 1.82) is 0 Å². The largest absolute Gasteiger partial charge is 0.415 e. The Kier molecular flexibility index (Phi) is 5.24. The van der Waals surface area contributed by atoms with Crippen LogP contribution >= 0.6 is 0 Å². The first kappa shape index (κ1) is 16.6. The first-order chi connectivity index (χ1) is 9.15. The van der Waals surface area contributed by atoms with Gasteiger partial charge in [0.25, 0.3) is 0 Å². The SMILES string of the molecule is CC(C)(C)[Si](C)(C)OCCNc1ccncc1[N+](=O)[O-]. The van der Waals surface area contributed by atoms with E-state index in [1.807, 2.05) is 0 Å². The predicted octanol–water partition coefficient (Wildman–Crippen LogP) is 3.42. The summed E-state index contributed by atoms with van der Waals surface area (Å²) < 4.78 is 6.01. The first-order valence-corrected chi connectivity index (χ1v) is 9.52. The zero-order valence-electron chi connectivity index (χ0n) is 12.8. The molecule has 112 valence electrons. The number of nitrogens with zero attached hydrogens (tertiary/aromatic N) is 2. The summed E-state index contributed by atoms with van der Waals surface area (Å²) in [5.41, 5.74) is 0.462. The average molecular weight is 297 g/mol. The Balaban J connectivity index is 2.52. The Hall–Kier alpha value is -1.47. The second kappa shape index (κ2) is 6.32. The fraction of sp³-hybridized carbons (Fsp3) is 0.615. The van der Waals surface area contributed by atoms with E-state index in [1.54, 1.807) is 6.07 Å². The minimum Gasteiger partial charge on any atom is -0.415 e. The van der Waals surface area contributed by atoms with Gasteiger partial charge in [-0.25, -0.2) is 0 Å². The van der Waals surface area contributed by atoms with E-state index in [0.717, 1.165) is 0 Å². The molecule has 0 aromatic carbocycles. The normalized spacial score (nSPS) is 12.2. The zero-order chi connectivity index (χ0) is 15.4. The highest BCUT2D eigenvalue weighted by Gasteiger charge is 2.36. The van der Waals surface area contributed by atoms with Gasteiger partial charge in [0.05, 0.1) is 11.5 Å². The van der Waals surface area contributed by atoms with Crippen molar-refractivity contribution in [2.45, 2.75) is 38.9 Å². The lowest BCUT2D eigenvalue weighted by molar-refractivity contribution is -0.384. The second-order valence-electron chi connectivity index (χ2n) is 6.19. The molecule has 0 bridgehead atoms. The first-order valence-electron chi connectivity index (χ1n) is 6.61. The van der Waals surface area contributed by atoms with E-state index in [9.17, 15) is 10.1 Å². The van der Waals surface area contributed by atoms with Crippen LogP contribution < -0.4 is 5.32 Å². The molecule has 0 aliphatic carbocycles. The van der Waals surface area contributed by atoms with Gasteiger partial charge in [-0.1, -0.05) is 20.8 Å². The van der Waals surface area contributed by atoms with Crippen LogP contribution in [0.4, 0.5) is 11.4 Å². The number of nitrogens with one attached hydrogen (secondary N) is 1. The van der Waals surface area contributed by atoms with Gasteiger partial charge in [-0.05, 0) is 24.2 Å². The standard InChI is InChI=1S/C13H23N3O3Si/c1-13(2,3)20(4,5)19-9-8-15-11-6-7-14-10-12(11)16(17)18/h6-7,10H,8-9H2,1-5H3,(H,14,15). The summed E-state index contributed by atoms with van der Waals surface area (Å²) in [7, 11) is -1.76. The number of nitro groups is 1. The Bertz CT molecular complexity index is 472. The van der Waals surface area contributed by atoms with Crippen molar-refractivity contribution in [2.75, 3.05) is 18.5 Å². The van der Waals surface area contributed by atoms with Gasteiger partial charge in [0.2, 0.25) is 0 Å². The molecule has 20 heavy (non-hydrogen) atoms. The van der Waals surface area contributed by atoms with E-state index in [2.05, 4.69) is 44.2 Å². The van der Waals surface area contributed by atoms with Crippen LogP contribution in [0.3, 0.4) is 0 Å². The van der Waals surface area contributed by atoms with Crippen LogP contribution in [0.25, 0.3) is 0 Å². The Morgan fingerprint density at radius 3 is 2.65 bits per heavy atom. The van der Waals surface area contributed by atoms with Crippen molar-refractivity contribution in [3.05, 3.63) is 28.6 Å². The van der Waals surface area contributed by atoms with Crippen molar-refractivity contribution < 1.29 is 9.35 Å². The molecule has 0 aliphatic heterocycles. The molecule has 0 aliphatic rings. The molecular weight excluding hydrogens is 274 g/mol. The second-order valence-corrected chi connectivity index (χ2v) is 11.0. The number of rotatable bonds is 6. The highest BCUT2D eigenvalue weighted by molar-refractivity contribution is 6.74. The fourth-order valence-corrected chi connectivity index (χ4v) is 2.43. The zero-order valence-corrected chi connectivity index (χ0v) is 13.8. The van der Waals surface area contributed by atoms with Crippen LogP contribution in [0.5, 0.6) is 0 Å². The number of pyridine rings is 1. The summed E-state index contributed by atoms with van der Waals surface area (Å²) in [4.78, 5) is 14.2. The fourth-order valence-electron chi connectivity index (χ4n) is 1.39. The monoisotopic (exact) mass is 297 g/mol. The molecule has 6 nitrogen and oxygen atoms in total. The number of anilines is 1. The van der Waals surface area contributed by atoms with Crippen molar-refractivity contribution in [3.8, 4) is 0 Å². The van der Waals surface area contributed by atoms with Crippen molar-refractivity contribution >= 4 is 19.7 Å². The van der Waals surface area contributed by atoms with E-state index in [4.69, 9.17) is 4.43 Å². The molecule has 0 amide bonds. The molecule has 0 radical (unpaired) electrons. The van der Waals surface area contributed by atoms with Gasteiger partial charge in [-0.15, -0.1) is 0 Å². The maximum absolute atomic E-state index is 10.8. The number of hydrogen-bond donors (Lipinski definition) is 1. The third-order valence-electron chi connectivity index (χ3n) is 3.68. The van der Waals surface area contributed by atoms with Crippen LogP contribution in [-0.4, -0.2) is 31.4 Å². The minimum absolute atomic E-state index is 0.0140. The topological polar surface area (TPSA) is 77.3 Å². The molecule has 0 atom stereocenters. The maximum atomic E-state index is 10.8. The van der Waals surface area contributed by atoms with Gasteiger partial charge >= 0.3 is 5.69 Å². The number of hydrogen-bond acceptors (Lipinski definition) is 5. The average Bonchev–Trinajstić information content (AvgIpc) is 2.33. The third kappa shape index (κ3) is 4.28. The molecule has 0 fully saturated rings. The van der Waals surface area contributed by atoms with Crippen LogP contribution in [0.1, 0.15) is 20.8 Å². The Labute approximate surface area is 120 Å². The molecule has 1 rings (SSSR count). The lowest BCUT2D eigenvalue weighted by Gasteiger charge is -2.36. The van der Waals surface area contributed by atoms with E-state index in [1.165, 1.54) is 12.4 Å². The molecule has 1 aromatic heterocycles. The van der Waals surface area contributed by atoms with Gasteiger partial charge < -0.3 is 9.74 Å². The van der Waals surface area contributed by atoms with Crippen molar-refractivity contribution in [2.24, 2.45) is 0 Å². The maximum Gasteiger partial charge on any atom is 0.310 e. The molecule has 1 aromatic rings. The van der Waals surface area contributed by atoms with E-state index >= 15 is 0 Å². The summed E-state index contributed by atoms with van der Waals surface area (Å²) >= 11 is 0. The predicted molar refractivity (Wildman–Crippen MR) is 82.5 cm³/mol. The van der Waals surface area contributed by atoms with E-state index in [0.29, 0.717) is 18.8 Å². The van der Waals surface area contributed by atoms with E-state index in [-0.39, 0.29) is 10.7 Å². The van der Waals surface area contributed by atoms with Gasteiger partial charge in [0.1, 0.15) is 11.9 Å². The van der Waals surface area contributed by atoms with E-state index < -0.39 is 13.2 Å². The number of aromatic nitrogens is 1. The van der Waals surface area contributed by atoms with Gasteiger partial charge in [-0.3, -0.25) is 15.1 Å². The molecule has 0 saturated carbocycles. The van der Waals surface area contributed by atoms with Gasteiger partial charge in [-0.2, -0.15) is 0 Å². The molecule has 1 N–H and O–H groups in total. The minimum atomic E-state index is -1.76. The Morgan fingerprint density at radius 2 is 2.10 bits per heavy atom. The molecule has 7 heteroatoms. The van der Waals surface area contributed by atoms with Crippen molar-refractivity contribution in [3.63, 3.8) is 0 Å². The quantitative estimate of drug-likeness (QED) is 0.377. The van der Waals surface area contributed by atoms with Gasteiger partial charge in [0.15, 0.2) is 8.32 Å². The van der Waals surface area contributed by atoms with Crippen molar-refractivity contribution in [1.82, 2.24) is 4.98 Å². The summed E-state index contributed by atoms with van der Waals surface area (Å²) in [6.07, 6.45) is 2.78. The summed E-state index contributed by atoms with van der Waals surface area (Å²) in [6.45, 7) is 12.0. The van der Waals surface area contributed by atoms with Crippen LogP contribution in [0, 0.1) is 10.1 Å². The Morgan fingerprint density at radius 1 is 1.45 bits per heavy atom. The lowest BCUT2D eigenvalue weighted by Crippen LogP contribution is -2.41. The lowest BCUT2D eigenvalue weighted by atomic mass is 10.2. The summed E-state index contributed by atoms with van der Waals surface area (Å²) in [5, 5.41) is 14.0. The molecule has 0 saturated heterocycles. The molecule has 1 heterocycles. The molecule has 0 spiro atoms. The highest BCUT2D eigenvalue weighted by atomic mass is 28.4. The third-order valence-corrected chi connectivity index (χ3v) is 8.22. The smallest absolute Gasteiger partial charge is 0.310 e. The van der Waals surface area contributed by atoms with Crippen LogP contribution in [0.15, 0.2) is 18.5 Å². The van der Waals surface area contributed by atoms with Gasteiger partial charge in [0, 0.05) is 12.7 Å². The van der Waals surface area contributed by atoms with Crippen LogP contribution in [-0.2, 0) is 4.43 Å².